The van der Waals surface area contributed by atoms with Crippen LogP contribution in [-0.2, 0) is 10.8 Å². The summed E-state index contributed by atoms with van der Waals surface area (Å²) in [6.07, 6.45) is 1.90. The van der Waals surface area contributed by atoms with Crippen molar-refractivity contribution >= 4 is 57.2 Å². The fourth-order valence-corrected chi connectivity index (χ4v) is 8.97. The largest absolute Gasteiger partial charge is 0.311 e. The van der Waals surface area contributed by atoms with Gasteiger partial charge in [-0.1, -0.05) is 107 Å². The van der Waals surface area contributed by atoms with Gasteiger partial charge in [-0.2, -0.15) is 0 Å². The van der Waals surface area contributed by atoms with Gasteiger partial charge in [-0.25, -0.2) is 0 Å². The highest BCUT2D eigenvalue weighted by Crippen LogP contribution is 2.57. The summed E-state index contributed by atoms with van der Waals surface area (Å²) in [6.45, 7) is 9.66. The fraction of sp³-hybridized carbons (Fsp3) is 0.146. The van der Waals surface area contributed by atoms with Crippen molar-refractivity contribution in [3.63, 3.8) is 0 Å². The average molecular weight is 578 g/mol. The van der Waals surface area contributed by atoms with E-state index >= 15 is 0 Å². The van der Waals surface area contributed by atoms with Gasteiger partial charge in [-0.05, 0) is 75.0 Å². The Morgan fingerprint density at radius 3 is 1.51 bits per heavy atom. The van der Waals surface area contributed by atoms with E-state index in [-0.39, 0.29) is 17.5 Å². The third kappa shape index (κ3) is 3.00. The van der Waals surface area contributed by atoms with Gasteiger partial charge in [0.1, 0.15) is 0 Å². The molecule has 0 amide bonds. The number of aromatic nitrogens is 1. The molecule has 4 aliphatic heterocycles. The summed E-state index contributed by atoms with van der Waals surface area (Å²) in [7, 11) is 0. The lowest BCUT2D eigenvalue weighted by atomic mass is 9.32. The highest BCUT2D eigenvalue weighted by atomic mass is 15.2. The Hall–Kier alpha value is -5.09. The van der Waals surface area contributed by atoms with Gasteiger partial charge in [0.25, 0.3) is 6.71 Å². The average Bonchev–Trinajstić information content (AvgIpc) is 3.07. The molecule has 0 fully saturated rings. The summed E-state index contributed by atoms with van der Waals surface area (Å²) >= 11 is 0. The van der Waals surface area contributed by atoms with E-state index in [9.17, 15) is 0 Å². The van der Waals surface area contributed by atoms with E-state index < -0.39 is 0 Å². The molecule has 4 aliphatic rings. The molecular formula is C41H32BN3. The van der Waals surface area contributed by atoms with Gasteiger partial charge < -0.3 is 9.80 Å². The molecular weight excluding hydrogens is 545 g/mol. The molecule has 0 saturated carbocycles. The molecule has 0 aliphatic carbocycles. The number of nitrogens with zero attached hydrogens (tertiary/aromatic N) is 3. The Bertz CT molecular complexity index is 2110. The van der Waals surface area contributed by atoms with Crippen molar-refractivity contribution in [3.05, 3.63) is 144 Å². The predicted molar refractivity (Wildman–Crippen MR) is 188 cm³/mol. The standard InChI is InChI=1S/C41H32BN3/c1-40(2)26-13-5-7-20-33(26)44-35-23-25(32-19-9-10-22-43-32)24-36-37(35)42(30-17-11-15-28(40)38(30)44)31-18-12-16-29-39(31)45(36)34-21-8-6-14-27(34)41(29,3)4/h5-24H,1-4H3. The smallest absolute Gasteiger partial charge is 0.252 e. The van der Waals surface area contributed by atoms with Crippen molar-refractivity contribution in [2.24, 2.45) is 0 Å². The molecule has 0 spiro atoms. The van der Waals surface area contributed by atoms with Crippen LogP contribution in [0, 0.1) is 0 Å². The summed E-state index contributed by atoms with van der Waals surface area (Å²) in [6, 6.07) is 43.1. The van der Waals surface area contributed by atoms with Gasteiger partial charge in [-0.3, -0.25) is 4.98 Å². The maximum atomic E-state index is 4.86. The lowest BCUT2D eigenvalue weighted by Gasteiger charge is -2.52. The Balaban J connectivity index is 1.40. The predicted octanol–water partition coefficient (Wildman–Crippen LogP) is 8.11. The molecule has 45 heavy (non-hydrogen) atoms. The van der Waals surface area contributed by atoms with Gasteiger partial charge in [0.05, 0.1) is 17.1 Å². The van der Waals surface area contributed by atoms with Crippen molar-refractivity contribution in [3.8, 4) is 11.3 Å². The van der Waals surface area contributed by atoms with Crippen molar-refractivity contribution in [2.75, 3.05) is 9.80 Å². The minimum absolute atomic E-state index is 0.118. The van der Waals surface area contributed by atoms with Gasteiger partial charge in [0, 0.05) is 45.3 Å². The van der Waals surface area contributed by atoms with Crippen LogP contribution in [0.2, 0.25) is 0 Å². The SMILES string of the molecule is CC1(C)c2ccccc2N2c3cc(-c4ccccn4)cc4c3B(c3cccc1c32)c1cccc2c1N4c1ccccc1C2(C)C. The van der Waals surface area contributed by atoms with Crippen LogP contribution in [0.25, 0.3) is 11.3 Å². The van der Waals surface area contributed by atoms with Gasteiger partial charge in [0.2, 0.25) is 0 Å². The topological polar surface area (TPSA) is 19.4 Å². The van der Waals surface area contributed by atoms with E-state index in [2.05, 4.69) is 147 Å². The normalized spacial score (nSPS) is 16.7. The number of anilines is 6. The molecule has 0 saturated heterocycles. The van der Waals surface area contributed by atoms with Gasteiger partial charge >= 0.3 is 0 Å². The van der Waals surface area contributed by atoms with E-state index in [1.807, 2.05) is 12.3 Å². The summed E-state index contributed by atoms with van der Waals surface area (Å²) in [4.78, 5) is 10.0. The highest BCUT2D eigenvalue weighted by Gasteiger charge is 2.50. The molecule has 3 nitrogen and oxygen atoms in total. The second kappa shape index (κ2) is 8.34. The molecule has 4 heteroatoms. The van der Waals surface area contributed by atoms with Crippen molar-refractivity contribution in [1.82, 2.24) is 4.98 Å². The molecule has 5 aromatic carbocycles. The number of rotatable bonds is 1. The van der Waals surface area contributed by atoms with Crippen LogP contribution in [-0.4, -0.2) is 11.7 Å². The van der Waals surface area contributed by atoms with Crippen LogP contribution in [0.1, 0.15) is 49.9 Å². The van der Waals surface area contributed by atoms with Crippen LogP contribution >= 0.6 is 0 Å². The summed E-state index contributed by atoms with van der Waals surface area (Å²) in [5.74, 6) is 0. The minimum Gasteiger partial charge on any atom is -0.311 e. The summed E-state index contributed by atoms with van der Waals surface area (Å²) in [5.41, 5.74) is 19.2. The van der Waals surface area contributed by atoms with Gasteiger partial charge in [0.15, 0.2) is 0 Å². The van der Waals surface area contributed by atoms with Crippen LogP contribution in [0.15, 0.2) is 121 Å². The van der Waals surface area contributed by atoms with E-state index in [0.29, 0.717) is 0 Å². The zero-order chi connectivity index (χ0) is 30.2. The first-order valence-corrected chi connectivity index (χ1v) is 16.0. The van der Waals surface area contributed by atoms with Crippen molar-refractivity contribution < 1.29 is 0 Å². The first kappa shape index (κ1) is 25.3. The number of para-hydroxylation sites is 4. The van der Waals surface area contributed by atoms with Crippen LogP contribution in [0.4, 0.5) is 34.1 Å². The van der Waals surface area contributed by atoms with Crippen LogP contribution in [0.5, 0.6) is 0 Å². The number of benzene rings is 5. The maximum absolute atomic E-state index is 4.86. The third-order valence-electron chi connectivity index (χ3n) is 11.1. The van der Waals surface area contributed by atoms with E-state index in [1.54, 1.807) is 0 Å². The highest BCUT2D eigenvalue weighted by molar-refractivity contribution is 7.00. The molecule has 0 N–H and O–H groups in total. The molecule has 1 aromatic heterocycles. The maximum Gasteiger partial charge on any atom is 0.252 e. The Labute approximate surface area is 264 Å². The lowest BCUT2D eigenvalue weighted by Crippen LogP contribution is -2.63. The molecule has 10 rings (SSSR count). The second-order valence-corrected chi connectivity index (χ2v) is 14.0. The molecule has 214 valence electrons. The number of hydrogen-bond donors (Lipinski definition) is 0. The van der Waals surface area contributed by atoms with Crippen LogP contribution < -0.4 is 26.2 Å². The first-order valence-electron chi connectivity index (χ1n) is 16.0. The van der Waals surface area contributed by atoms with Crippen molar-refractivity contribution in [2.45, 2.75) is 38.5 Å². The van der Waals surface area contributed by atoms with E-state index in [0.717, 1.165) is 11.3 Å². The second-order valence-electron chi connectivity index (χ2n) is 14.0. The Kier molecular flexibility index (Phi) is 4.68. The zero-order valence-electron chi connectivity index (χ0n) is 26.0. The quantitative estimate of drug-likeness (QED) is 0.184. The first-order chi connectivity index (χ1) is 21.9. The molecule has 5 heterocycles. The number of fused-ring (bicyclic) bond motifs is 8. The Morgan fingerprint density at radius 2 is 1.00 bits per heavy atom. The number of hydrogen-bond acceptors (Lipinski definition) is 3. The molecule has 0 bridgehead atoms. The zero-order valence-corrected chi connectivity index (χ0v) is 26.0. The lowest BCUT2D eigenvalue weighted by molar-refractivity contribution is 0.632. The van der Waals surface area contributed by atoms with Crippen molar-refractivity contribution in [1.29, 1.82) is 0 Å². The minimum atomic E-state index is -0.130. The van der Waals surface area contributed by atoms with Crippen LogP contribution in [0.3, 0.4) is 0 Å². The fourth-order valence-electron chi connectivity index (χ4n) is 8.97. The molecule has 0 atom stereocenters. The van der Waals surface area contributed by atoms with E-state index in [4.69, 9.17) is 4.98 Å². The summed E-state index contributed by atoms with van der Waals surface area (Å²) < 4.78 is 0. The van der Waals surface area contributed by atoms with Gasteiger partial charge in [-0.15, -0.1) is 0 Å². The Morgan fingerprint density at radius 1 is 0.511 bits per heavy atom. The molecule has 0 radical (unpaired) electrons. The molecule has 0 unspecified atom stereocenters. The van der Waals surface area contributed by atoms with E-state index in [1.165, 1.54) is 72.8 Å². The monoisotopic (exact) mass is 577 g/mol. The number of pyridine rings is 1. The summed E-state index contributed by atoms with van der Waals surface area (Å²) in [5, 5.41) is 0. The third-order valence-corrected chi connectivity index (χ3v) is 11.1. The molecule has 6 aromatic rings.